The van der Waals surface area contributed by atoms with E-state index < -0.39 is 0 Å². The summed E-state index contributed by atoms with van der Waals surface area (Å²) in [6.45, 7) is 2.55. The second-order valence-corrected chi connectivity index (χ2v) is 4.78. The number of benzene rings is 1. The van der Waals surface area contributed by atoms with Gasteiger partial charge >= 0.3 is 0 Å². The fraction of sp³-hybridized carbons (Fsp3) is 0.500. The molecule has 1 rings (SSSR count). The first-order valence-corrected chi connectivity index (χ1v) is 5.97. The van der Waals surface area contributed by atoms with E-state index in [1.807, 2.05) is 19.1 Å². The Labute approximate surface area is 105 Å². The minimum atomic E-state index is 0.102. The van der Waals surface area contributed by atoms with E-state index in [2.05, 4.69) is 15.9 Å². The largest absolute Gasteiger partial charge is 0.496 e. The van der Waals surface area contributed by atoms with E-state index in [1.54, 1.807) is 14.2 Å². The summed E-state index contributed by atoms with van der Waals surface area (Å²) in [5.41, 5.74) is 8.09. The lowest BCUT2D eigenvalue weighted by Gasteiger charge is -2.16. The highest BCUT2D eigenvalue weighted by Crippen LogP contribution is 2.29. The molecule has 0 aliphatic carbocycles. The van der Waals surface area contributed by atoms with Crippen LogP contribution in [-0.4, -0.2) is 20.3 Å². The first-order valence-electron chi connectivity index (χ1n) is 5.18. The zero-order chi connectivity index (χ0) is 12.1. The smallest absolute Gasteiger partial charge is 0.123 e. The molecule has 16 heavy (non-hydrogen) atoms. The fourth-order valence-electron chi connectivity index (χ4n) is 1.69. The molecule has 0 saturated heterocycles. The summed E-state index contributed by atoms with van der Waals surface area (Å²) in [7, 11) is 3.35. The molecule has 0 heterocycles. The molecule has 0 aliphatic rings. The summed E-state index contributed by atoms with van der Waals surface area (Å²) in [5.74, 6) is 0.860. The lowest BCUT2D eigenvalue weighted by atomic mass is 10.0. The number of halogens is 1. The van der Waals surface area contributed by atoms with Crippen LogP contribution >= 0.6 is 15.9 Å². The predicted molar refractivity (Wildman–Crippen MR) is 68.8 cm³/mol. The minimum Gasteiger partial charge on any atom is -0.496 e. The van der Waals surface area contributed by atoms with Crippen LogP contribution in [0.1, 0.15) is 18.1 Å². The van der Waals surface area contributed by atoms with E-state index in [-0.39, 0.29) is 6.04 Å². The van der Waals surface area contributed by atoms with E-state index in [4.69, 9.17) is 15.2 Å². The van der Waals surface area contributed by atoms with E-state index >= 15 is 0 Å². The lowest BCUT2D eigenvalue weighted by Crippen LogP contribution is -2.19. The number of ether oxygens (including phenoxy) is 2. The highest BCUT2D eigenvalue weighted by molar-refractivity contribution is 9.10. The van der Waals surface area contributed by atoms with E-state index in [0.29, 0.717) is 6.61 Å². The molecular weight excluding hydrogens is 270 g/mol. The van der Waals surface area contributed by atoms with Crippen molar-refractivity contribution >= 4 is 15.9 Å². The first kappa shape index (κ1) is 13.5. The van der Waals surface area contributed by atoms with Crippen molar-refractivity contribution < 1.29 is 9.47 Å². The molecule has 1 atom stereocenters. The standard InChI is InChI=1S/C12H18BrNO2/c1-8(14)4-11-9(7-15-2)5-10(13)6-12(11)16-3/h5-6,8H,4,7,14H2,1-3H3. The summed E-state index contributed by atoms with van der Waals surface area (Å²) in [6.07, 6.45) is 0.787. The normalized spacial score (nSPS) is 12.6. The van der Waals surface area contributed by atoms with Gasteiger partial charge in [-0.15, -0.1) is 0 Å². The summed E-state index contributed by atoms with van der Waals surface area (Å²) in [5, 5.41) is 0. The molecule has 2 N–H and O–H groups in total. The highest BCUT2D eigenvalue weighted by Gasteiger charge is 2.12. The van der Waals surface area contributed by atoms with Gasteiger partial charge in [-0.3, -0.25) is 0 Å². The Hall–Kier alpha value is -0.580. The SMILES string of the molecule is COCc1cc(Br)cc(OC)c1CC(C)N. The summed E-state index contributed by atoms with van der Waals surface area (Å²) in [4.78, 5) is 0. The Morgan fingerprint density at radius 1 is 1.38 bits per heavy atom. The second kappa shape index (κ2) is 6.23. The third kappa shape index (κ3) is 3.47. The topological polar surface area (TPSA) is 44.5 Å². The zero-order valence-electron chi connectivity index (χ0n) is 9.92. The fourth-order valence-corrected chi connectivity index (χ4v) is 2.17. The van der Waals surface area contributed by atoms with Crippen LogP contribution in [0.2, 0.25) is 0 Å². The maximum absolute atomic E-state index is 5.84. The Bertz CT molecular complexity index is 353. The van der Waals surface area contributed by atoms with Crippen LogP contribution in [0.25, 0.3) is 0 Å². The van der Waals surface area contributed by atoms with Crippen LogP contribution in [0.3, 0.4) is 0 Å². The molecule has 4 heteroatoms. The number of hydrogen-bond acceptors (Lipinski definition) is 3. The monoisotopic (exact) mass is 287 g/mol. The quantitative estimate of drug-likeness (QED) is 0.905. The molecule has 0 fully saturated rings. The van der Waals surface area contributed by atoms with Crippen molar-refractivity contribution in [2.75, 3.05) is 14.2 Å². The molecule has 0 saturated carbocycles. The Kier molecular flexibility index (Phi) is 5.25. The van der Waals surface area contributed by atoms with Gasteiger partial charge in [-0.1, -0.05) is 15.9 Å². The molecule has 0 radical (unpaired) electrons. The van der Waals surface area contributed by atoms with Crippen LogP contribution in [0.4, 0.5) is 0 Å². The number of hydrogen-bond donors (Lipinski definition) is 1. The molecule has 0 spiro atoms. The first-order chi connectivity index (χ1) is 7.58. The Morgan fingerprint density at radius 3 is 2.56 bits per heavy atom. The van der Waals surface area contributed by atoms with Gasteiger partial charge in [0, 0.05) is 23.2 Å². The molecular formula is C12H18BrNO2. The predicted octanol–water partition coefficient (Wildman–Crippen LogP) is 2.49. The molecule has 0 amide bonds. The van der Waals surface area contributed by atoms with Gasteiger partial charge in [0.25, 0.3) is 0 Å². The Morgan fingerprint density at radius 2 is 2.06 bits per heavy atom. The highest BCUT2D eigenvalue weighted by atomic mass is 79.9. The molecule has 3 nitrogen and oxygen atoms in total. The van der Waals surface area contributed by atoms with Crippen molar-refractivity contribution in [2.24, 2.45) is 5.73 Å². The van der Waals surface area contributed by atoms with Crippen LogP contribution in [0.5, 0.6) is 5.75 Å². The van der Waals surface area contributed by atoms with Crippen LogP contribution < -0.4 is 10.5 Å². The van der Waals surface area contributed by atoms with E-state index in [1.165, 1.54) is 0 Å². The van der Waals surface area contributed by atoms with Gasteiger partial charge in [0.05, 0.1) is 13.7 Å². The molecule has 1 aromatic rings. The van der Waals surface area contributed by atoms with Gasteiger partial charge in [-0.25, -0.2) is 0 Å². The van der Waals surface area contributed by atoms with Crippen LogP contribution in [0.15, 0.2) is 16.6 Å². The maximum atomic E-state index is 5.84. The third-order valence-corrected chi connectivity index (χ3v) is 2.77. The van der Waals surface area contributed by atoms with E-state index in [9.17, 15) is 0 Å². The molecule has 0 aromatic heterocycles. The number of nitrogens with two attached hydrogens (primary N) is 1. The Balaban J connectivity index is 3.15. The van der Waals surface area contributed by atoms with E-state index in [0.717, 1.165) is 27.8 Å². The van der Waals surface area contributed by atoms with Gasteiger partial charge in [0.2, 0.25) is 0 Å². The molecule has 90 valence electrons. The summed E-state index contributed by atoms with van der Waals surface area (Å²) < 4.78 is 11.6. The van der Waals surface area contributed by atoms with Gasteiger partial charge < -0.3 is 15.2 Å². The molecule has 1 aromatic carbocycles. The molecule has 1 unspecified atom stereocenters. The maximum Gasteiger partial charge on any atom is 0.123 e. The van der Waals surface area contributed by atoms with Gasteiger partial charge in [0.1, 0.15) is 5.75 Å². The number of methoxy groups -OCH3 is 2. The average Bonchev–Trinajstić information content (AvgIpc) is 2.21. The second-order valence-electron chi connectivity index (χ2n) is 3.86. The summed E-state index contributed by atoms with van der Waals surface area (Å²) in [6, 6.07) is 4.10. The van der Waals surface area contributed by atoms with Crippen LogP contribution in [0, 0.1) is 0 Å². The summed E-state index contributed by atoms with van der Waals surface area (Å²) >= 11 is 3.46. The number of rotatable bonds is 5. The van der Waals surface area contributed by atoms with Gasteiger partial charge in [-0.2, -0.15) is 0 Å². The van der Waals surface area contributed by atoms with Crippen molar-refractivity contribution in [3.63, 3.8) is 0 Å². The van der Waals surface area contributed by atoms with Crippen molar-refractivity contribution in [3.8, 4) is 5.75 Å². The molecule has 0 bridgehead atoms. The van der Waals surface area contributed by atoms with Crippen molar-refractivity contribution in [1.82, 2.24) is 0 Å². The van der Waals surface area contributed by atoms with Crippen LogP contribution in [-0.2, 0) is 17.8 Å². The van der Waals surface area contributed by atoms with Gasteiger partial charge in [-0.05, 0) is 31.0 Å². The lowest BCUT2D eigenvalue weighted by molar-refractivity contribution is 0.183. The van der Waals surface area contributed by atoms with Gasteiger partial charge in [0.15, 0.2) is 0 Å². The minimum absolute atomic E-state index is 0.102. The van der Waals surface area contributed by atoms with Crippen molar-refractivity contribution in [2.45, 2.75) is 26.0 Å². The average molecular weight is 288 g/mol. The third-order valence-electron chi connectivity index (χ3n) is 2.31. The zero-order valence-corrected chi connectivity index (χ0v) is 11.5. The molecule has 0 aliphatic heterocycles. The van der Waals surface area contributed by atoms with Crippen molar-refractivity contribution in [3.05, 3.63) is 27.7 Å². The van der Waals surface area contributed by atoms with Crippen molar-refractivity contribution in [1.29, 1.82) is 0 Å².